The molecule has 5 N–H and O–H groups in total. The topological polar surface area (TPSA) is 120 Å². The summed E-state index contributed by atoms with van der Waals surface area (Å²) in [5, 5.41) is 13.9. The van der Waals surface area contributed by atoms with Gasteiger partial charge in [0.05, 0.1) is 0 Å². The minimum atomic E-state index is -1.02. The maximum absolute atomic E-state index is 12.4. The molecule has 0 aliphatic heterocycles. The summed E-state index contributed by atoms with van der Waals surface area (Å²) in [4.78, 5) is 17.2. The van der Waals surface area contributed by atoms with Crippen LogP contribution in [0.3, 0.4) is 0 Å². The number of carbonyl (C=O) groups is 1. The third-order valence-electron chi connectivity index (χ3n) is 4.20. The molecule has 2 aromatic carbocycles. The Morgan fingerprint density at radius 3 is 2.43 bits per heavy atom. The molecule has 9 heteroatoms. The van der Waals surface area contributed by atoms with Crippen LogP contribution >= 0.6 is 12.2 Å². The number of amidine groups is 1. The summed E-state index contributed by atoms with van der Waals surface area (Å²) in [5.74, 6) is -0.355. The Labute approximate surface area is 184 Å². The van der Waals surface area contributed by atoms with Crippen LogP contribution in [0.1, 0.15) is 25.0 Å². The van der Waals surface area contributed by atoms with Crippen LogP contribution in [-0.2, 0) is 22.1 Å². The lowest BCUT2D eigenvalue weighted by atomic mass is 10.1. The molecular weight excluding hydrogens is 418 g/mol. The van der Waals surface area contributed by atoms with Gasteiger partial charge in [0, 0.05) is 45.7 Å². The second kappa shape index (κ2) is 10.7. The number of benzene rings is 2. The quantitative estimate of drug-likeness (QED) is 0.298. The van der Waals surface area contributed by atoms with E-state index < -0.39 is 16.7 Å². The van der Waals surface area contributed by atoms with Crippen LogP contribution < -0.4 is 16.4 Å². The van der Waals surface area contributed by atoms with Crippen molar-refractivity contribution in [1.82, 2.24) is 5.32 Å². The van der Waals surface area contributed by atoms with Crippen molar-refractivity contribution in [2.24, 2.45) is 16.6 Å². The summed E-state index contributed by atoms with van der Waals surface area (Å²) >= 11 is 5.04. The van der Waals surface area contributed by atoms with Crippen LogP contribution in [0.15, 0.2) is 58.4 Å². The number of amides is 1. The minimum Gasteiger partial charge on any atom is -0.387 e. The van der Waals surface area contributed by atoms with E-state index in [1.807, 2.05) is 44.2 Å². The number of hydrogen-bond acceptors (Lipinski definition) is 5. The van der Waals surface area contributed by atoms with Gasteiger partial charge in [0.1, 0.15) is 11.5 Å². The second-order valence-electron chi connectivity index (χ2n) is 6.82. The zero-order chi connectivity index (χ0) is 22.3. The summed E-state index contributed by atoms with van der Waals surface area (Å²) in [5.41, 5.74) is 7.57. The molecular formula is C21H25N5O2S2. The lowest BCUT2D eigenvalue weighted by Gasteiger charge is -2.13. The Balaban J connectivity index is 2.09. The van der Waals surface area contributed by atoms with Gasteiger partial charge in [-0.25, -0.2) is 4.99 Å². The number of nitrogens with one attached hydrogen (secondary N) is 3. The maximum Gasteiger partial charge on any atom is 0.276 e. The molecule has 0 radical (unpaired) electrons. The minimum absolute atomic E-state index is 0.00406. The SMILES string of the molecule is CC(C)/C(N)=N/C(=S)NC(=O)C(=N)c1ccccc1NCc1ccc(S(C)=O)cc1. The molecule has 1 unspecified atom stereocenters. The number of nitrogens with zero attached hydrogens (tertiary/aromatic N) is 1. The molecule has 0 heterocycles. The van der Waals surface area contributed by atoms with Crippen LogP contribution in [0.2, 0.25) is 0 Å². The van der Waals surface area contributed by atoms with E-state index in [2.05, 4.69) is 15.6 Å². The number of aliphatic imine (C=N–C) groups is 1. The third kappa shape index (κ3) is 6.57. The average Bonchev–Trinajstić information content (AvgIpc) is 2.71. The lowest BCUT2D eigenvalue weighted by Crippen LogP contribution is -2.36. The zero-order valence-corrected chi connectivity index (χ0v) is 18.7. The van der Waals surface area contributed by atoms with Crippen molar-refractivity contribution in [3.63, 3.8) is 0 Å². The third-order valence-corrected chi connectivity index (χ3v) is 5.33. The largest absolute Gasteiger partial charge is 0.387 e. The van der Waals surface area contributed by atoms with E-state index in [1.54, 1.807) is 24.5 Å². The first-order valence-corrected chi connectivity index (χ1v) is 11.2. The summed E-state index contributed by atoms with van der Waals surface area (Å²) in [6.45, 7) is 4.21. The highest BCUT2D eigenvalue weighted by Crippen LogP contribution is 2.17. The van der Waals surface area contributed by atoms with E-state index >= 15 is 0 Å². The van der Waals surface area contributed by atoms with Crippen molar-refractivity contribution < 1.29 is 9.00 Å². The monoisotopic (exact) mass is 443 g/mol. The Bertz CT molecular complexity index is 1000. The fourth-order valence-electron chi connectivity index (χ4n) is 2.41. The van der Waals surface area contributed by atoms with Gasteiger partial charge in [-0.1, -0.05) is 44.2 Å². The average molecular weight is 444 g/mol. The highest BCUT2D eigenvalue weighted by atomic mass is 32.2. The van der Waals surface area contributed by atoms with Crippen molar-refractivity contribution in [1.29, 1.82) is 5.41 Å². The van der Waals surface area contributed by atoms with Crippen LogP contribution in [0.4, 0.5) is 5.69 Å². The van der Waals surface area contributed by atoms with Crippen molar-refractivity contribution in [3.05, 3.63) is 59.7 Å². The number of anilines is 1. The molecule has 1 atom stereocenters. The van der Waals surface area contributed by atoms with Gasteiger partial charge in [-0.05, 0) is 36.0 Å². The van der Waals surface area contributed by atoms with Crippen LogP contribution in [-0.4, -0.2) is 33.0 Å². The fraction of sp³-hybridized carbons (Fsp3) is 0.238. The van der Waals surface area contributed by atoms with E-state index in [1.165, 1.54) is 0 Å². The van der Waals surface area contributed by atoms with Gasteiger partial charge >= 0.3 is 0 Å². The van der Waals surface area contributed by atoms with Gasteiger partial charge in [0.15, 0.2) is 0 Å². The summed E-state index contributed by atoms with van der Waals surface area (Å²) in [7, 11) is -1.02. The van der Waals surface area contributed by atoms with Gasteiger partial charge in [-0.2, -0.15) is 0 Å². The molecule has 7 nitrogen and oxygen atoms in total. The van der Waals surface area contributed by atoms with Crippen molar-refractivity contribution >= 4 is 51.3 Å². The predicted octanol–water partition coefficient (Wildman–Crippen LogP) is 2.82. The van der Waals surface area contributed by atoms with E-state index in [0.717, 1.165) is 10.5 Å². The maximum atomic E-state index is 12.4. The van der Waals surface area contributed by atoms with Crippen molar-refractivity contribution in [2.75, 3.05) is 11.6 Å². The Hall–Kier alpha value is -2.91. The summed E-state index contributed by atoms with van der Waals surface area (Å²) in [6.07, 6.45) is 1.63. The molecule has 30 heavy (non-hydrogen) atoms. The van der Waals surface area contributed by atoms with Crippen LogP contribution in [0, 0.1) is 11.3 Å². The summed E-state index contributed by atoms with van der Waals surface area (Å²) < 4.78 is 11.5. The van der Waals surface area contributed by atoms with E-state index in [9.17, 15) is 9.00 Å². The Morgan fingerprint density at radius 1 is 1.20 bits per heavy atom. The number of nitrogens with two attached hydrogens (primary N) is 1. The molecule has 0 aliphatic rings. The molecule has 158 valence electrons. The molecule has 2 aromatic rings. The first kappa shape index (κ1) is 23.4. The van der Waals surface area contributed by atoms with Crippen molar-refractivity contribution in [2.45, 2.75) is 25.3 Å². The van der Waals surface area contributed by atoms with E-state index in [4.69, 9.17) is 23.4 Å². The Kier molecular flexibility index (Phi) is 8.37. The molecule has 1 amide bonds. The van der Waals surface area contributed by atoms with Crippen LogP contribution in [0.5, 0.6) is 0 Å². The van der Waals surface area contributed by atoms with E-state index in [-0.39, 0.29) is 16.7 Å². The number of thiocarbonyl (C=S) groups is 1. The highest BCUT2D eigenvalue weighted by molar-refractivity contribution is 7.84. The first-order chi connectivity index (χ1) is 14.2. The fourth-order valence-corrected chi connectivity index (χ4v) is 3.13. The molecule has 0 aromatic heterocycles. The van der Waals surface area contributed by atoms with Crippen LogP contribution in [0.25, 0.3) is 0 Å². The number of hydrogen-bond donors (Lipinski definition) is 4. The molecule has 0 spiro atoms. The van der Waals surface area contributed by atoms with Gasteiger partial charge in [0.25, 0.3) is 5.91 Å². The van der Waals surface area contributed by atoms with E-state index in [0.29, 0.717) is 23.6 Å². The molecule has 0 fully saturated rings. The molecule has 0 bridgehead atoms. The smallest absolute Gasteiger partial charge is 0.276 e. The zero-order valence-electron chi connectivity index (χ0n) is 17.1. The predicted molar refractivity (Wildman–Crippen MR) is 127 cm³/mol. The number of para-hydroxylation sites is 1. The number of carbonyl (C=O) groups excluding carboxylic acids is 1. The first-order valence-electron chi connectivity index (χ1n) is 9.22. The van der Waals surface area contributed by atoms with Gasteiger partial charge in [-0.15, -0.1) is 0 Å². The lowest BCUT2D eigenvalue weighted by molar-refractivity contribution is -0.113. The highest BCUT2D eigenvalue weighted by Gasteiger charge is 2.17. The number of rotatable bonds is 7. The summed E-state index contributed by atoms with van der Waals surface area (Å²) in [6, 6.07) is 14.5. The van der Waals surface area contributed by atoms with Gasteiger partial charge < -0.3 is 11.1 Å². The molecule has 0 aliphatic carbocycles. The normalized spacial score (nSPS) is 12.3. The molecule has 0 saturated carbocycles. The molecule has 0 saturated heterocycles. The van der Waals surface area contributed by atoms with Crippen molar-refractivity contribution in [3.8, 4) is 0 Å². The van der Waals surface area contributed by atoms with Gasteiger partial charge in [-0.3, -0.25) is 19.7 Å². The molecule has 2 rings (SSSR count). The standard InChI is InChI=1S/C21H25N5O2S2/c1-13(2)19(23)25-21(29)26-20(27)18(22)16-6-4-5-7-17(16)24-12-14-8-10-15(11-9-14)30(3)28/h4-11,13,22,24H,12H2,1-3H3,(H3,23,25,26,27,29). The Morgan fingerprint density at radius 2 is 1.83 bits per heavy atom. The van der Waals surface area contributed by atoms with Gasteiger partial charge in [0.2, 0.25) is 5.11 Å². The second-order valence-corrected chi connectivity index (χ2v) is 8.59.